The molecule has 3 rings (SSSR count). The molecule has 1 aromatic carbocycles. The van der Waals surface area contributed by atoms with E-state index in [9.17, 15) is 9.59 Å². The Hall–Kier alpha value is -2.04. The largest absolute Gasteiger partial charge is 0.385 e. The van der Waals surface area contributed by atoms with Gasteiger partial charge in [0.15, 0.2) is 0 Å². The fraction of sp³-hybridized carbons (Fsp3) is 0.467. The van der Waals surface area contributed by atoms with Gasteiger partial charge < -0.3 is 16.0 Å². The van der Waals surface area contributed by atoms with Gasteiger partial charge in [-0.25, -0.2) is 0 Å². The van der Waals surface area contributed by atoms with Crippen LogP contribution < -0.4 is 11.1 Å². The average Bonchev–Trinajstić information content (AvgIpc) is 2.95. The zero-order valence-corrected chi connectivity index (χ0v) is 11.4. The second-order valence-corrected chi connectivity index (χ2v) is 5.46. The molecule has 2 aliphatic heterocycles. The molecule has 106 valence electrons. The number of rotatable bonds is 2. The van der Waals surface area contributed by atoms with Gasteiger partial charge in [-0.05, 0) is 49.4 Å². The fourth-order valence-corrected chi connectivity index (χ4v) is 3.08. The highest BCUT2D eigenvalue weighted by Crippen LogP contribution is 2.25. The molecule has 0 aromatic heterocycles. The highest BCUT2D eigenvalue weighted by Gasteiger charge is 2.33. The Morgan fingerprint density at radius 2 is 2.15 bits per heavy atom. The summed E-state index contributed by atoms with van der Waals surface area (Å²) < 4.78 is 0. The lowest BCUT2D eigenvalue weighted by Crippen LogP contribution is -2.43. The van der Waals surface area contributed by atoms with Crippen LogP contribution in [0.15, 0.2) is 18.2 Å². The zero-order chi connectivity index (χ0) is 14.1. The molecule has 1 atom stereocenters. The lowest BCUT2D eigenvalue weighted by Gasteiger charge is -2.24. The molecule has 0 spiro atoms. The maximum absolute atomic E-state index is 12.5. The monoisotopic (exact) mass is 273 g/mol. The van der Waals surface area contributed by atoms with Crippen molar-refractivity contribution in [1.29, 1.82) is 0 Å². The van der Waals surface area contributed by atoms with Crippen LogP contribution in [0.25, 0.3) is 0 Å². The summed E-state index contributed by atoms with van der Waals surface area (Å²) in [6, 6.07) is 5.28. The van der Waals surface area contributed by atoms with E-state index in [4.69, 9.17) is 5.73 Å². The Morgan fingerprint density at radius 1 is 1.30 bits per heavy atom. The van der Waals surface area contributed by atoms with Crippen molar-refractivity contribution in [2.45, 2.75) is 31.7 Å². The number of nitrogens with one attached hydrogen (secondary N) is 1. The molecular weight excluding hydrogens is 254 g/mol. The molecule has 1 unspecified atom stereocenters. The Balaban J connectivity index is 1.85. The minimum absolute atomic E-state index is 0.0836. The van der Waals surface area contributed by atoms with E-state index >= 15 is 0 Å². The predicted molar refractivity (Wildman–Crippen MR) is 76.5 cm³/mol. The predicted octanol–water partition coefficient (Wildman–Crippen LogP) is 1.13. The second-order valence-electron chi connectivity index (χ2n) is 5.46. The number of anilines is 1. The number of primary amides is 1. The van der Waals surface area contributed by atoms with Crippen LogP contribution in [0.4, 0.5) is 5.69 Å². The first-order valence-corrected chi connectivity index (χ1v) is 7.14. The van der Waals surface area contributed by atoms with Crippen molar-refractivity contribution in [1.82, 2.24) is 4.90 Å². The topological polar surface area (TPSA) is 75.4 Å². The molecule has 2 amide bonds. The number of nitrogens with two attached hydrogens (primary N) is 1. The molecule has 2 heterocycles. The number of hydrogen-bond donors (Lipinski definition) is 2. The third-order valence-electron chi connectivity index (χ3n) is 4.13. The molecule has 0 saturated carbocycles. The van der Waals surface area contributed by atoms with Gasteiger partial charge in [0.1, 0.15) is 6.04 Å². The number of carbonyl (C=O) groups excluding carboxylic acids is 2. The van der Waals surface area contributed by atoms with Crippen molar-refractivity contribution < 1.29 is 9.59 Å². The summed E-state index contributed by atoms with van der Waals surface area (Å²) in [5, 5.41) is 3.33. The molecule has 3 N–H and O–H groups in total. The standard InChI is InChI=1S/C15H19N3O2/c16-14(19)13-4-2-8-18(13)15(20)11-5-6-12-10(9-11)3-1-7-17-12/h5-6,9,13,17H,1-4,7-8H2,(H2,16,19). The number of nitrogens with zero attached hydrogens (tertiary/aromatic N) is 1. The van der Waals surface area contributed by atoms with Crippen LogP contribution in [-0.4, -0.2) is 35.8 Å². The van der Waals surface area contributed by atoms with Crippen LogP contribution in [0.1, 0.15) is 35.2 Å². The smallest absolute Gasteiger partial charge is 0.254 e. The first-order valence-electron chi connectivity index (χ1n) is 7.14. The molecular formula is C15H19N3O2. The minimum Gasteiger partial charge on any atom is -0.385 e. The normalized spacial score (nSPS) is 21.2. The summed E-state index contributed by atoms with van der Waals surface area (Å²) in [5.74, 6) is -0.491. The van der Waals surface area contributed by atoms with Crippen LogP contribution in [0.2, 0.25) is 0 Å². The van der Waals surface area contributed by atoms with Crippen LogP contribution in [-0.2, 0) is 11.2 Å². The quantitative estimate of drug-likeness (QED) is 0.848. The zero-order valence-electron chi connectivity index (χ0n) is 11.4. The number of fused-ring (bicyclic) bond motifs is 1. The first-order chi connectivity index (χ1) is 9.66. The van der Waals surface area contributed by atoms with E-state index in [1.54, 1.807) is 4.90 Å². The van der Waals surface area contributed by atoms with E-state index in [0.717, 1.165) is 31.5 Å². The van der Waals surface area contributed by atoms with E-state index in [1.165, 1.54) is 5.56 Å². The molecule has 0 radical (unpaired) electrons. The van der Waals surface area contributed by atoms with Crippen LogP contribution >= 0.6 is 0 Å². The third-order valence-corrected chi connectivity index (χ3v) is 4.13. The van der Waals surface area contributed by atoms with Gasteiger partial charge in [-0.1, -0.05) is 0 Å². The van der Waals surface area contributed by atoms with Crippen LogP contribution in [0, 0.1) is 0 Å². The van der Waals surface area contributed by atoms with Crippen molar-refractivity contribution in [2.24, 2.45) is 5.73 Å². The van der Waals surface area contributed by atoms with Crippen molar-refractivity contribution in [3.63, 3.8) is 0 Å². The molecule has 0 aliphatic carbocycles. The highest BCUT2D eigenvalue weighted by atomic mass is 16.2. The van der Waals surface area contributed by atoms with Gasteiger partial charge in [0.25, 0.3) is 5.91 Å². The lowest BCUT2D eigenvalue weighted by molar-refractivity contribution is -0.121. The van der Waals surface area contributed by atoms with Gasteiger partial charge in [-0.2, -0.15) is 0 Å². The Labute approximate surface area is 118 Å². The summed E-state index contributed by atoms with van der Waals surface area (Å²) in [5.41, 5.74) is 8.31. The summed E-state index contributed by atoms with van der Waals surface area (Å²) in [6.07, 6.45) is 3.58. The minimum atomic E-state index is -0.448. The van der Waals surface area contributed by atoms with Crippen molar-refractivity contribution >= 4 is 17.5 Å². The van der Waals surface area contributed by atoms with Crippen LogP contribution in [0.3, 0.4) is 0 Å². The molecule has 0 bridgehead atoms. The summed E-state index contributed by atoms with van der Waals surface area (Å²) >= 11 is 0. The fourth-order valence-electron chi connectivity index (χ4n) is 3.08. The van der Waals surface area contributed by atoms with Crippen molar-refractivity contribution in [2.75, 3.05) is 18.4 Å². The number of aryl methyl sites for hydroxylation is 1. The van der Waals surface area contributed by atoms with Gasteiger partial charge in [0.05, 0.1) is 0 Å². The summed E-state index contributed by atoms with van der Waals surface area (Å²) in [6.45, 7) is 1.60. The molecule has 1 fully saturated rings. The van der Waals surface area contributed by atoms with Gasteiger partial charge in [0, 0.05) is 24.3 Å². The molecule has 5 nitrogen and oxygen atoms in total. The van der Waals surface area contributed by atoms with Crippen molar-refractivity contribution in [3.8, 4) is 0 Å². The summed E-state index contributed by atoms with van der Waals surface area (Å²) in [7, 11) is 0. The lowest BCUT2D eigenvalue weighted by atomic mass is 10.00. The Morgan fingerprint density at radius 3 is 2.95 bits per heavy atom. The Bertz CT molecular complexity index is 556. The molecule has 1 saturated heterocycles. The SMILES string of the molecule is NC(=O)C1CCCN1C(=O)c1ccc2c(c1)CCCN2. The molecule has 2 aliphatic rings. The number of hydrogen-bond acceptors (Lipinski definition) is 3. The number of amides is 2. The van der Waals surface area contributed by atoms with E-state index in [0.29, 0.717) is 18.5 Å². The summed E-state index contributed by atoms with van der Waals surface area (Å²) in [4.78, 5) is 25.6. The maximum atomic E-state index is 12.5. The van der Waals surface area contributed by atoms with Gasteiger partial charge >= 0.3 is 0 Å². The average molecular weight is 273 g/mol. The van der Waals surface area contributed by atoms with Crippen LogP contribution in [0.5, 0.6) is 0 Å². The van der Waals surface area contributed by atoms with Gasteiger partial charge in [-0.3, -0.25) is 9.59 Å². The van der Waals surface area contributed by atoms with E-state index in [-0.39, 0.29) is 5.91 Å². The van der Waals surface area contributed by atoms with E-state index in [2.05, 4.69) is 5.32 Å². The highest BCUT2D eigenvalue weighted by molar-refractivity contribution is 5.98. The van der Waals surface area contributed by atoms with Gasteiger partial charge in [0.2, 0.25) is 5.91 Å². The maximum Gasteiger partial charge on any atom is 0.254 e. The second kappa shape index (κ2) is 5.15. The Kier molecular flexibility index (Phi) is 3.34. The number of likely N-dealkylation sites (tertiary alicyclic amines) is 1. The first kappa shape index (κ1) is 13.0. The number of benzene rings is 1. The van der Waals surface area contributed by atoms with Gasteiger partial charge in [-0.15, -0.1) is 0 Å². The third kappa shape index (κ3) is 2.24. The molecule has 20 heavy (non-hydrogen) atoms. The number of carbonyl (C=O) groups is 2. The molecule has 5 heteroatoms. The van der Waals surface area contributed by atoms with E-state index in [1.807, 2.05) is 18.2 Å². The van der Waals surface area contributed by atoms with Crippen molar-refractivity contribution in [3.05, 3.63) is 29.3 Å². The molecule has 1 aromatic rings. The van der Waals surface area contributed by atoms with E-state index < -0.39 is 11.9 Å².